The molecule has 1 aliphatic rings. The van der Waals surface area contributed by atoms with Crippen LogP contribution >= 0.6 is 12.4 Å². The lowest BCUT2D eigenvalue weighted by atomic mass is 9.90. The van der Waals surface area contributed by atoms with Crippen LogP contribution in [0.2, 0.25) is 0 Å². The first-order valence-corrected chi connectivity index (χ1v) is 9.68. The van der Waals surface area contributed by atoms with Crippen molar-refractivity contribution in [2.45, 2.75) is 25.7 Å². The van der Waals surface area contributed by atoms with E-state index in [-0.39, 0.29) is 18.3 Å². The van der Waals surface area contributed by atoms with Gasteiger partial charge in [0.1, 0.15) is 0 Å². The highest BCUT2D eigenvalue weighted by atomic mass is 35.5. The van der Waals surface area contributed by atoms with Crippen molar-refractivity contribution < 1.29 is 14.8 Å². The van der Waals surface area contributed by atoms with Crippen LogP contribution in [0.3, 0.4) is 0 Å². The second-order valence-corrected chi connectivity index (χ2v) is 7.16. The van der Waals surface area contributed by atoms with Gasteiger partial charge in [0.05, 0.1) is 11.4 Å². The number of benzene rings is 1. The van der Waals surface area contributed by atoms with Gasteiger partial charge in [0, 0.05) is 31.2 Å². The van der Waals surface area contributed by atoms with E-state index >= 15 is 0 Å². The van der Waals surface area contributed by atoms with E-state index in [1.165, 1.54) is 28.8 Å². The molecular weight excluding hydrogens is 402 g/mol. The van der Waals surface area contributed by atoms with Crippen LogP contribution in [0.1, 0.15) is 41.3 Å². The number of halogens is 1. The van der Waals surface area contributed by atoms with Gasteiger partial charge < -0.3 is 4.90 Å². The molecule has 0 spiro atoms. The minimum Gasteiger partial charge on any atom is -0.339 e. The number of aryl methyl sites for hydroxylation is 1. The molecule has 1 atom stereocenters. The van der Waals surface area contributed by atoms with Gasteiger partial charge in [0.15, 0.2) is 0 Å². The largest absolute Gasteiger partial charge is 0.339 e. The summed E-state index contributed by atoms with van der Waals surface area (Å²) in [4.78, 5) is 30.0. The second kappa shape index (κ2) is 11.3. The Hall–Kier alpha value is -2.96. The number of rotatable bonds is 5. The number of nitrogens with zero attached hydrogens (tertiary/aromatic N) is 2. The van der Waals surface area contributed by atoms with Crippen LogP contribution in [0.4, 0.5) is 0 Å². The monoisotopic (exact) mass is 427 g/mol. The Morgan fingerprint density at radius 3 is 2.43 bits per heavy atom. The summed E-state index contributed by atoms with van der Waals surface area (Å²) < 4.78 is 0. The summed E-state index contributed by atoms with van der Waals surface area (Å²) >= 11 is 0. The van der Waals surface area contributed by atoms with Crippen LogP contribution < -0.4 is 5.48 Å². The van der Waals surface area contributed by atoms with Gasteiger partial charge in [0.25, 0.3) is 5.91 Å². The molecule has 1 aromatic heterocycles. The first kappa shape index (κ1) is 23.3. The average molecular weight is 428 g/mol. The number of carbonyl (C=O) groups excluding carboxylic acids is 2. The zero-order valence-electron chi connectivity index (χ0n) is 16.8. The van der Waals surface area contributed by atoms with Crippen molar-refractivity contribution in [3.05, 3.63) is 77.1 Å². The van der Waals surface area contributed by atoms with Gasteiger partial charge in [-0.25, -0.2) is 10.5 Å². The van der Waals surface area contributed by atoms with Gasteiger partial charge in [0.2, 0.25) is 5.91 Å². The molecule has 3 rings (SSSR count). The van der Waals surface area contributed by atoms with E-state index in [4.69, 9.17) is 5.21 Å². The van der Waals surface area contributed by atoms with Crippen molar-refractivity contribution in [2.75, 3.05) is 13.1 Å². The molecule has 1 aromatic carbocycles. The fraction of sp³-hybridized carbons (Fsp3) is 0.261. The fourth-order valence-corrected chi connectivity index (χ4v) is 3.40. The topological polar surface area (TPSA) is 82.5 Å². The molecular formula is C23H26ClN3O3. The maximum atomic E-state index is 12.7. The van der Waals surface area contributed by atoms with Gasteiger partial charge in [-0.05, 0) is 49.6 Å². The third-order valence-electron chi connectivity index (χ3n) is 4.99. The normalized spacial score (nSPS) is 16.5. The van der Waals surface area contributed by atoms with E-state index in [0.717, 1.165) is 25.9 Å². The summed E-state index contributed by atoms with van der Waals surface area (Å²) in [5.74, 6) is -0.286. The molecule has 2 amide bonds. The highest BCUT2D eigenvalue weighted by Crippen LogP contribution is 2.27. The predicted octanol–water partition coefficient (Wildman–Crippen LogP) is 3.75. The number of piperidine rings is 1. The minimum atomic E-state index is -0.629. The molecule has 2 aromatic rings. The summed E-state index contributed by atoms with van der Waals surface area (Å²) in [5.41, 5.74) is 5.23. The summed E-state index contributed by atoms with van der Waals surface area (Å²) in [5, 5.41) is 8.52. The Kier molecular flexibility index (Phi) is 8.77. The Morgan fingerprint density at radius 1 is 1.10 bits per heavy atom. The van der Waals surface area contributed by atoms with Crippen LogP contribution in [0.5, 0.6) is 0 Å². The number of carbonyl (C=O) groups is 2. The number of likely N-dealkylation sites (tertiary alicyclic amines) is 1. The number of hydrogen-bond acceptors (Lipinski definition) is 4. The lowest BCUT2D eigenvalue weighted by Crippen LogP contribution is -2.38. The quantitative estimate of drug-likeness (QED) is 0.432. The molecule has 2 heterocycles. The number of nitrogens with one attached hydrogen (secondary N) is 1. The summed E-state index contributed by atoms with van der Waals surface area (Å²) in [7, 11) is 0. The standard InChI is InChI=1S/C23H25N3O3.ClH/c1-17-7-9-18(10-8-17)19-4-3-15-26(16-19)23(28)14-12-21-6-2-5-20(24-21)11-13-22(27)25-29;/h2,5-14,19,29H,3-4,15-16H2,1H3,(H,25,27);1H/b13-11+,14-12+;. The Labute approximate surface area is 182 Å². The van der Waals surface area contributed by atoms with Crippen molar-refractivity contribution in [3.8, 4) is 0 Å². The fourth-order valence-electron chi connectivity index (χ4n) is 3.40. The molecule has 158 valence electrons. The summed E-state index contributed by atoms with van der Waals surface area (Å²) in [6.07, 6.45) is 7.98. The molecule has 1 saturated heterocycles. The number of amides is 2. The van der Waals surface area contributed by atoms with Gasteiger partial charge in [-0.15, -0.1) is 12.4 Å². The number of hydroxylamine groups is 1. The lowest BCUT2D eigenvalue weighted by Gasteiger charge is -2.32. The van der Waals surface area contributed by atoms with Crippen molar-refractivity contribution in [1.82, 2.24) is 15.4 Å². The molecule has 0 bridgehead atoms. The Bertz CT molecular complexity index is 926. The molecule has 1 unspecified atom stereocenters. The molecule has 0 aliphatic carbocycles. The highest BCUT2D eigenvalue weighted by molar-refractivity contribution is 5.92. The lowest BCUT2D eigenvalue weighted by molar-refractivity contribution is -0.127. The van der Waals surface area contributed by atoms with Gasteiger partial charge in [-0.2, -0.15) is 0 Å². The van der Waals surface area contributed by atoms with Gasteiger partial charge >= 0.3 is 0 Å². The first-order chi connectivity index (χ1) is 14.0. The molecule has 0 saturated carbocycles. The van der Waals surface area contributed by atoms with Gasteiger partial charge in [-0.3, -0.25) is 14.8 Å². The van der Waals surface area contributed by atoms with E-state index in [9.17, 15) is 9.59 Å². The number of aromatic nitrogens is 1. The van der Waals surface area contributed by atoms with Crippen LogP contribution in [-0.2, 0) is 9.59 Å². The van der Waals surface area contributed by atoms with Crippen molar-refractivity contribution in [3.63, 3.8) is 0 Å². The zero-order valence-corrected chi connectivity index (χ0v) is 17.6. The van der Waals surface area contributed by atoms with Crippen LogP contribution in [0.15, 0.2) is 54.6 Å². The third kappa shape index (κ3) is 6.54. The van der Waals surface area contributed by atoms with E-state index < -0.39 is 5.91 Å². The molecule has 6 nitrogen and oxygen atoms in total. The van der Waals surface area contributed by atoms with E-state index in [2.05, 4.69) is 36.2 Å². The Balaban J connectivity index is 0.00000320. The Morgan fingerprint density at radius 2 is 1.77 bits per heavy atom. The first-order valence-electron chi connectivity index (χ1n) is 9.68. The third-order valence-corrected chi connectivity index (χ3v) is 4.99. The number of hydrogen-bond donors (Lipinski definition) is 2. The van der Waals surface area contributed by atoms with E-state index in [0.29, 0.717) is 17.3 Å². The maximum absolute atomic E-state index is 12.7. The van der Waals surface area contributed by atoms with Crippen molar-refractivity contribution >= 4 is 36.4 Å². The van der Waals surface area contributed by atoms with Crippen LogP contribution in [0.25, 0.3) is 12.2 Å². The van der Waals surface area contributed by atoms with E-state index in [1.807, 2.05) is 4.90 Å². The smallest absolute Gasteiger partial charge is 0.267 e. The van der Waals surface area contributed by atoms with Crippen LogP contribution in [-0.4, -0.2) is 40.0 Å². The average Bonchev–Trinajstić information content (AvgIpc) is 2.76. The zero-order chi connectivity index (χ0) is 20.6. The molecule has 1 fully saturated rings. The second-order valence-electron chi connectivity index (χ2n) is 7.16. The van der Waals surface area contributed by atoms with Crippen LogP contribution in [0, 0.1) is 6.92 Å². The molecule has 2 N–H and O–H groups in total. The van der Waals surface area contributed by atoms with Gasteiger partial charge in [-0.1, -0.05) is 35.9 Å². The van der Waals surface area contributed by atoms with Crippen molar-refractivity contribution in [1.29, 1.82) is 0 Å². The SMILES string of the molecule is Cc1ccc(C2CCCN(C(=O)/C=C/c3cccc(/C=C/C(=O)NO)n3)C2)cc1.Cl. The minimum absolute atomic E-state index is 0. The summed E-state index contributed by atoms with van der Waals surface area (Å²) in [6, 6.07) is 13.9. The van der Waals surface area contributed by atoms with E-state index in [1.54, 1.807) is 30.4 Å². The summed E-state index contributed by atoms with van der Waals surface area (Å²) in [6.45, 7) is 3.56. The highest BCUT2D eigenvalue weighted by Gasteiger charge is 2.23. The molecule has 30 heavy (non-hydrogen) atoms. The van der Waals surface area contributed by atoms with Crippen molar-refractivity contribution in [2.24, 2.45) is 0 Å². The maximum Gasteiger partial charge on any atom is 0.267 e. The predicted molar refractivity (Wildman–Crippen MR) is 119 cm³/mol. The number of pyridine rings is 1. The molecule has 1 aliphatic heterocycles. The molecule has 0 radical (unpaired) electrons. The molecule has 7 heteroatoms.